The number of hydrogen-bond donors (Lipinski definition) is 2. The first-order valence-corrected chi connectivity index (χ1v) is 11.9. The highest BCUT2D eigenvalue weighted by atomic mass is 16.7. The summed E-state index contributed by atoms with van der Waals surface area (Å²) in [5.41, 5.74) is 1.62. The van der Waals surface area contributed by atoms with Crippen LogP contribution in [0.15, 0.2) is 60.7 Å². The minimum absolute atomic E-state index is 0.00739. The Hall–Kier alpha value is -4.41. The molecule has 37 heavy (non-hydrogen) atoms. The van der Waals surface area contributed by atoms with Gasteiger partial charge in [-0.3, -0.25) is 9.59 Å². The quantitative estimate of drug-likeness (QED) is 0.327. The van der Waals surface area contributed by atoms with Gasteiger partial charge in [0, 0.05) is 19.4 Å². The lowest BCUT2D eigenvalue weighted by atomic mass is 10.1. The van der Waals surface area contributed by atoms with E-state index in [1.54, 1.807) is 24.3 Å². The minimum atomic E-state index is -1.17. The molecule has 11 nitrogen and oxygen atoms in total. The maximum Gasteiger partial charge on any atom is 0.408 e. The van der Waals surface area contributed by atoms with Crippen molar-refractivity contribution in [2.24, 2.45) is 0 Å². The Kier molecular flexibility index (Phi) is 10.4. The van der Waals surface area contributed by atoms with Crippen LogP contribution in [0.2, 0.25) is 0 Å². The number of nitrogens with zero attached hydrogens (tertiary/aromatic N) is 1. The Labute approximate surface area is 214 Å². The molecule has 0 radical (unpaired) electrons. The Bertz CT molecular complexity index is 1060. The zero-order valence-electron chi connectivity index (χ0n) is 20.2. The largest absolute Gasteiger partial charge is 0.445 e. The normalized spacial score (nSPS) is 13.6. The van der Waals surface area contributed by atoms with E-state index < -0.39 is 36.0 Å². The zero-order chi connectivity index (χ0) is 26.5. The summed E-state index contributed by atoms with van der Waals surface area (Å²) in [6.45, 7) is 0.410. The lowest BCUT2D eigenvalue weighted by Gasteiger charge is -2.20. The smallest absolute Gasteiger partial charge is 0.408 e. The molecular formula is C26H29N3O8. The van der Waals surface area contributed by atoms with E-state index in [-0.39, 0.29) is 39.0 Å². The van der Waals surface area contributed by atoms with Crippen molar-refractivity contribution in [3.63, 3.8) is 0 Å². The summed E-state index contributed by atoms with van der Waals surface area (Å²) in [4.78, 5) is 65.4. The molecule has 0 spiro atoms. The van der Waals surface area contributed by atoms with Crippen molar-refractivity contribution in [2.75, 3.05) is 6.54 Å². The highest BCUT2D eigenvalue weighted by molar-refractivity contribution is 6.01. The molecule has 1 fully saturated rings. The number of benzene rings is 2. The highest BCUT2D eigenvalue weighted by Gasteiger charge is 2.35. The van der Waals surface area contributed by atoms with Crippen molar-refractivity contribution >= 4 is 30.0 Å². The third-order valence-corrected chi connectivity index (χ3v) is 5.38. The molecular weight excluding hydrogens is 482 g/mol. The second kappa shape index (κ2) is 14.2. The Morgan fingerprint density at radius 2 is 1.32 bits per heavy atom. The molecule has 196 valence electrons. The molecule has 0 aliphatic carbocycles. The van der Waals surface area contributed by atoms with E-state index in [0.717, 1.165) is 11.1 Å². The first-order chi connectivity index (χ1) is 17.9. The molecule has 2 N–H and O–H groups in total. The summed E-state index contributed by atoms with van der Waals surface area (Å²) >= 11 is 0. The van der Waals surface area contributed by atoms with Crippen molar-refractivity contribution < 1.29 is 38.3 Å². The summed E-state index contributed by atoms with van der Waals surface area (Å²) in [5, 5.41) is 5.48. The standard InChI is InChI=1S/C26H29N3O8/c30-22-14-15-23(31)29(22)37-24(32)21(28-26(34)36-18-20-11-5-2-6-12-20)13-7-8-16-27-25(33)35-17-19-9-3-1-4-10-19/h1-6,9-12,21H,7-8,13-18H2,(H,27,33)(H,28,34). The van der Waals surface area contributed by atoms with Gasteiger partial charge in [0.1, 0.15) is 19.3 Å². The first kappa shape index (κ1) is 27.2. The van der Waals surface area contributed by atoms with Crippen molar-refractivity contribution in [1.29, 1.82) is 0 Å². The third-order valence-electron chi connectivity index (χ3n) is 5.38. The molecule has 1 atom stereocenters. The van der Waals surface area contributed by atoms with Crippen LogP contribution < -0.4 is 10.6 Å². The topological polar surface area (TPSA) is 140 Å². The van der Waals surface area contributed by atoms with Crippen LogP contribution in [0.5, 0.6) is 0 Å². The number of carbonyl (C=O) groups is 5. The number of imide groups is 1. The van der Waals surface area contributed by atoms with E-state index >= 15 is 0 Å². The van der Waals surface area contributed by atoms with Crippen molar-refractivity contribution in [1.82, 2.24) is 15.7 Å². The van der Waals surface area contributed by atoms with Crippen LogP contribution in [0.4, 0.5) is 9.59 Å². The van der Waals surface area contributed by atoms with Crippen LogP contribution in [-0.4, -0.2) is 47.6 Å². The fourth-order valence-corrected chi connectivity index (χ4v) is 3.41. The number of amides is 4. The van der Waals surface area contributed by atoms with Gasteiger partial charge in [0.25, 0.3) is 11.8 Å². The van der Waals surface area contributed by atoms with Crippen LogP contribution in [0.3, 0.4) is 0 Å². The molecule has 4 amide bonds. The summed E-state index contributed by atoms with van der Waals surface area (Å²) in [6.07, 6.45) is -0.534. The van der Waals surface area contributed by atoms with E-state index in [4.69, 9.17) is 14.3 Å². The van der Waals surface area contributed by atoms with E-state index in [0.29, 0.717) is 17.9 Å². The van der Waals surface area contributed by atoms with Gasteiger partial charge >= 0.3 is 18.2 Å². The molecule has 2 aromatic rings. The maximum atomic E-state index is 12.7. The number of ether oxygens (including phenoxy) is 2. The Morgan fingerprint density at radius 1 is 0.784 bits per heavy atom. The molecule has 1 heterocycles. The van der Waals surface area contributed by atoms with E-state index in [1.807, 2.05) is 36.4 Å². The molecule has 1 aliphatic heterocycles. The van der Waals surface area contributed by atoms with Crippen molar-refractivity contribution in [3.05, 3.63) is 71.8 Å². The Balaban J connectivity index is 1.44. The van der Waals surface area contributed by atoms with Crippen LogP contribution in [-0.2, 0) is 41.9 Å². The van der Waals surface area contributed by atoms with Gasteiger partial charge in [-0.05, 0) is 30.4 Å². The van der Waals surface area contributed by atoms with Crippen molar-refractivity contribution in [2.45, 2.75) is 51.4 Å². The molecule has 0 bridgehead atoms. The summed E-state index contributed by atoms with van der Waals surface area (Å²) in [7, 11) is 0. The average Bonchev–Trinajstić information content (AvgIpc) is 3.23. The van der Waals surface area contributed by atoms with Gasteiger partial charge in [0.2, 0.25) is 0 Å². The van der Waals surface area contributed by atoms with Crippen LogP contribution in [0.25, 0.3) is 0 Å². The molecule has 0 saturated carbocycles. The fourth-order valence-electron chi connectivity index (χ4n) is 3.41. The first-order valence-electron chi connectivity index (χ1n) is 11.9. The number of carbonyl (C=O) groups excluding carboxylic acids is 5. The van der Waals surface area contributed by atoms with Gasteiger partial charge in [-0.1, -0.05) is 60.7 Å². The second-order valence-corrected chi connectivity index (χ2v) is 8.24. The third kappa shape index (κ3) is 9.28. The van der Waals surface area contributed by atoms with Gasteiger partial charge in [-0.2, -0.15) is 0 Å². The average molecular weight is 512 g/mol. The lowest BCUT2D eigenvalue weighted by Crippen LogP contribution is -2.45. The summed E-state index contributed by atoms with van der Waals surface area (Å²) in [6, 6.07) is 17.1. The predicted octanol–water partition coefficient (Wildman–Crippen LogP) is 2.99. The van der Waals surface area contributed by atoms with Gasteiger partial charge in [0.15, 0.2) is 0 Å². The summed E-state index contributed by atoms with van der Waals surface area (Å²) < 4.78 is 10.3. The SMILES string of the molecule is O=C(NCCCCC(NC(=O)OCc1ccccc1)C(=O)ON1C(=O)CCC1=O)OCc1ccccc1. The van der Waals surface area contributed by atoms with Crippen LogP contribution in [0.1, 0.15) is 43.2 Å². The Morgan fingerprint density at radius 3 is 1.89 bits per heavy atom. The van der Waals surface area contributed by atoms with E-state index in [2.05, 4.69) is 10.6 Å². The molecule has 11 heteroatoms. The fraction of sp³-hybridized carbons (Fsp3) is 0.346. The molecule has 0 aromatic heterocycles. The molecule has 1 saturated heterocycles. The second-order valence-electron chi connectivity index (χ2n) is 8.24. The van der Waals surface area contributed by atoms with Gasteiger partial charge in [0.05, 0.1) is 0 Å². The molecule has 1 unspecified atom stereocenters. The number of alkyl carbamates (subject to hydrolysis) is 2. The maximum absolute atomic E-state index is 12.7. The predicted molar refractivity (Wildman–Crippen MR) is 129 cm³/mol. The number of nitrogens with one attached hydrogen (secondary N) is 2. The van der Waals surface area contributed by atoms with Crippen LogP contribution in [0, 0.1) is 0 Å². The minimum Gasteiger partial charge on any atom is -0.445 e. The zero-order valence-corrected chi connectivity index (χ0v) is 20.2. The van der Waals surface area contributed by atoms with Gasteiger partial charge in [-0.25, -0.2) is 14.4 Å². The van der Waals surface area contributed by atoms with Crippen molar-refractivity contribution in [3.8, 4) is 0 Å². The number of unbranched alkanes of at least 4 members (excludes halogenated alkanes) is 1. The van der Waals surface area contributed by atoms with Gasteiger partial charge in [-0.15, -0.1) is 5.06 Å². The molecule has 2 aromatic carbocycles. The molecule has 3 rings (SSSR count). The number of rotatable bonds is 12. The monoisotopic (exact) mass is 511 g/mol. The summed E-state index contributed by atoms with van der Waals surface area (Å²) in [5.74, 6) is -2.21. The van der Waals surface area contributed by atoms with E-state index in [1.165, 1.54) is 0 Å². The van der Waals surface area contributed by atoms with Crippen LogP contribution >= 0.6 is 0 Å². The number of hydrogen-bond acceptors (Lipinski definition) is 8. The highest BCUT2D eigenvalue weighted by Crippen LogP contribution is 2.14. The lowest BCUT2D eigenvalue weighted by molar-refractivity contribution is -0.199. The molecule has 1 aliphatic rings. The number of hydroxylamine groups is 2. The van der Waals surface area contributed by atoms with Gasteiger partial charge < -0.3 is 24.9 Å². The van der Waals surface area contributed by atoms with E-state index in [9.17, 15) is 24.0 Å².